The van der Waals surface area contributed by atoms with Crippen molar-refractivity contribution in [2.45, 2.75) is 6.42 Å². The van der Waals surface area contributed by atoms with E-state index in [0.717, 1.165) is 0 Å². The maximum Gasteiger partial charge on any atom is 0.252 e. The standard InChI is InChI=1S/C11H13BrClNO3S/c1-18(16,17)7-3-6-14-11(15)8-4-2-5-9(12)10(8)13/h2,4-5H,3,6-7H2,1H3,(H,14,15). The molecule has 1 amide bonds. The highest BCUT2D eigenvalue weighted by Gasteiger charge is 2.11. The molecule has 0 spiro atoms. The lowest BCUT2D eigenvalue weighted by Crippen LogP contribution is -2.26. The van der Waals surface area contributed by atoms with Gasteiger partial charge in [0.2, 0.25) is 0 Å². The van der Waals surface area contributed by atoms with Crippen molar-refractivity contribution in [1.82, 2.24) is 5.32 Å². The third kappa shape index (κ3) is 4.96. The van der Waals surface area contributed by atoms with Crippen molar-refractivity contribution in [2.24, 2.45) is 0 Å². The van der Waals surface area contributed by atoms with E-state index in [-0.39, 0.29) is 11.7 Å². The van der Waals surface area contributed by atoms with Crippen molar-refractivity contribution in [2.75, 3.05) is 18.6 Å². The second kappa shape index (κ2) is 6.54. The number of rotatable bonds is 5. The van der Waals surface area contributed by atoms with Gasteiger partial charge < -0.3 is 5.32 Å². The zero-order valence-corrected chi connectivity index (χ0v) is 12.9. The average molecular weight is 355 g/mol. The number of carbonyl (C=O) groups excluding carboxylic acids is 1. The maximum absolute atomic E-state index is 11.8. The fraction of sp³-hybridized carbons (Fsp3) is 0.364. The van der Waals surface area contributed by atoms with Gasteiger partial charge in [0.25, 0.3) is 5.91 Å². The van der Waals surface area contributed by atoms with Gasteiger partial charge in [-0.25, -0.2) is 8.42 Å². The Bertz CT molecular complexity index is 545. The molecule has 0 radical (unpaired) electrons. The van der Waals surface area contributed by atoms with Crippen LogP contribution in [0.1, 0.15) is 16.8 Å². The molecule has 18 heavy (non-hydrogen) atoms. The number of amides is 1. The van der Waals surface area contributed by atoms with E-state index < -0.39 is 9.84 Å². The molecule has 0 fully saturated rings. The second-order valence-corrected chi connectivity index (χ2v) is 7.33. The lowest BCUT2D eigenvalue weighted by atomic mass is 10.2. The van der Waals surface area contributed by atoms with Crippen LogP contribution in [0.15, 0.2) is 22.7 Å². The largest absolute Gasteiger partial charge is 0.352 e. The Hall–Kier alpha value is -0.590. The van der Waals surface area contributed by atoms with Crippen LogP contribution < -0.4 is 5.32 Å². The second-order valence-electron chi connectivity index (χ2n) is 3.84. The van der Waals surface area contributed by atoms with E-state index in [9.17, 15) is 13.2 Å². The van der Waals surface area contributed by atoms with Crippen LogP contribution in [-0.2, 0) is 9.84 Å². The Labute approximate surface area is 120 Å². The molecular weight excluding hydrogens is 342 g/mol. The highest BCUT2D eigenvalue weighted by Crippen LogP contribution is 2.25. The molecule has 1 aromatic rings. The van der Waals surface area contributed by atoms with Crippen LogP contribution in [0, 0.1) is 0 Å². The van der Waals surface area contributed by atoms with Crippen LogP contribution in [0.5, 0.6) is 0 Å². The molecule has 0 aliphatic carbocycles. The molecule has 0 unspecified atom stereocenters. The summed E-state index contributed by atoms with van der Waals surface area (Å²) in [4.78, 5) is 11.8. The average Bonchev–Trinajstić information content (AvgIpc) is 2.26. The van der Waals surface area contributed by atoms with Crippen molar-refractivity contribution < 1.29 is 13.2 Å². The normalized spacial score (nSPS) is 11.3. The van der Waals surface area contributed by atoms with Crippen LogP contribution in [-0.4, -0.2) is 32.9 Å². The van der Waals surface area contributed by atoms with E-state index >= 15 is 0 Å². The number of hydrogen-bond acceptors (Lipinski definition) is 3. The molecule has 0 atom stereocenters. The summed E-state index contributed by atoms with van der Waals surface area (Å²) in [5.74, 6) is -0.255. The predicted octanol–water partition coefficient (Wildman–Crippen LogP) is 2.27. The number of benzene rings is 1. The Kier molecular flexibility index (Phi) is 5.62. The maximum atomic E-state index is 11.8. The van der Waals surface area contributed by atoms with E-state index in [4.69, 9.17) is 11.6 Å². The van der Waals surface area contributed by atoms with Crippen LogP contribution in [0.3, 0.4) is 0 Å². The molecule has 1 rings (SSSR count). The van der Waals surface area contributed by atoms with Crippen molar-refractivity contribution in [3.63, 3.8) is 0 Å². The van der Waals surface area contributed by atoms with Crippen molar-refractivity contribution in [1.29, 1.82) is 0 Å². The minimum Gasteiger partial charge on any atom is -0.352 e. The van der Waals surface area contributed by atoms with Gasteiger partial charge in [0, 0.05) is 17.3 Å². The molecule has 4 nitrogen and oxygen atoms in total. The van der Waals surface area contributed by atoms with Gasteiger partial charge in [0.05, 0.1) is 16.3 Å². The molecule has 0 heterocycles. The molecule has 0 saturated carbocycles. The van der Waals surface area contributed by atoms with E-state index in [1.165, 1.54) is 6.26 Å². The predicted molar refractivity (Wildman–Crippen MR) is 75.8 cm³/mol. The van der Waals surface area contributed by atoms with Gasteiger partial charge in [0.15, 0.2) is 0 Å². The summed E-state index contributed by atoms with van der Waals surface area (Å²) in [7, 11) is -2.99. The third-order valence-electron chi connectivity index (χ3n) is 2.17. The van der Waals surface area contributed by atoms with Crippen LogP contribution in [0.2, 0.25) is 5.02 Å². The van der Waals surface area contributed by atoms with Crippen molar-refractivity contribution >= 4 is 43.3 Å². The molecule has 0 saturated heterocycles. The highest BCUT2D eigenvalue weighted by molar-refractivity contribution is 9.10. The van der Waals surface area contributed by atoms with E-state index in [1.807, 2.05) is 0 Å². The summed E-state index contributed by atoms with van der Waals surface area (Å²) in [6.07, 6.45) is 1.55. The quantitative estimate of drug-likeness (QED) is 0.825. The fourth-order valence-electron chi connectivity index (χ4n) is 1.31. The SMILES string of the molecule is CS(=O)(=O)CCCNC(=O)c1cccc(Br)c1Cl. The number of sulfone groups is 1. The smallest absolute Gasteiger partial charge is 0.252 e. The molecule has 7 heteroatoms. The summed E-state index contributed by atoms with van der Waals surface area (Å²) in [6.45, 7) is 0.300. The van der Waals surface area contributed by atoms with Gasteiger partial charge in [0.1, 0.15) is 9.84 Å². The third-order valence-corrected chi connectivity index (χ3v) is 4.50. The Morgan fingerprint density at radius 1 is 1.44 bits per heavy atom. The van der Waals surface area contributed by atoms with Gasteiger partial charge in [-0.1, -0.05) is 17.7 Å². The first-order chi connectivity index (χ1) is 8.31. The Balaban J connectivity index is 2.54. The number of nitrogens with one attached hydrogen (secondary N) is 1. The monoisotopic (exact) mass is 353 g/mol. The fourth-order valence-corrected chi connectivity index (χ4v) is 2.56. The summed E-state index contributed by atoms with van der Waals surface area (Å²) in [6, 6.07) is 5.06. The van der Waals surface area contributed by atoms with Gasteiger partial charge >= 0.3 is 0 Å². The minimum absolute atomic E-state index is 0.0551. The molecule has 1 N–H and O–H groups in total. The molecule has 100 valence electrons. The first-order valence-electron chi connectivity index (χ1n) is 5.21. The van der Waals surface area contributed by atoms with Crippen LogP contribution in [0.25, 0.3) is 0 Å². The molecule has 0 aromatic heterocycles. The molecule has 1 aromatic carbocycles. The van der Waals surface area contributed by atoms with Crippen LogP contribution >= 0.6 is 27.5 Å². The van der Waals surface area contributed by atoms with E-state index in [2.05, 4.69) is 21.2 Å². The summed E-state index contributed by atoms with van der Waals surface area (Å²) < 4.78 is 22.5. The van der Waals surface area contributed by atoms with E-state index in [0.29, 0.717) is 28.0 Å². The Morgan fingerprint density at radius 2 is 2.11 bits per heavy atom. The van der Waals surface area contributed by atoms with Gasteiger partial charge in [-0.3, -0.25) is 4.79 Å². The topological polar surface area (TPSA) is 63.2 Å². The molecule has 0 aliphatic heterocycles. The molecular formula is C11H13BrClNO3S. The number of carbonyl (C=O) groups is 1. The first kappa shape index (κ1) is 15.5. The van der Waals surface area contributed by atoms with Crippen LogP contribution in [0.4, 0.5) is 0 Å². The molecule has 0 bridgehead atoms. The van der Waals surface area contributed by atoms with E-state index in [1.54, 1.807) is 18.2 Å². The van der Waals surface area contributed by atoms with Crippen molar-refractivity contribution in [3.8, 4) is 0 Å². The van der Waals surface area contributed by atoms with Crippen molar-refractivity contribution in [3.05, 3.63) is 33.3 Å². The van der Waals surface area contributed by atoms with Gasteiger partial charge in [-0.15, -0.1) is 0 Å². The van der Waals surface area contributed by atoms with Gasteiger partial charge in [-0.2, -0.15) is 0 Å². The van der Waals surface area contributed by atoms with Gasteiger partial charge in [-0.05, 0) is 34.5 Å². The lowest BCUT2D eigenvalue weighted by Gasteiger charge is -2.07. The highest BCUT2D eigenvalue weighted by atomic mass is 79.9. The summed E-state index contributed by atoms with van der Waals surface area (Å²) in [5, 5.41) is 2.98. The number of hydrogen-bond donors (Lipinski definition) is 1. The first-order valence-corrected chi connectivity index (χ1v) is 8.44. The summed E-state index contributed by atoms with van der Waals surface area (Å²) in [5.41, 5.74) is 0.366. The summed E-state index contributed by atoms with van der Waals surface area (Å²) >= 11 is 9.20. The lowest BCUT2D eigenvalue weighted by molar-refractivity contribution is 0.0954. The number of halogens is 2. The Morgan fingerprint density at radius 3 is 2.72 bits per heavy atom. The zero-order chi connectivity index (χ0) is 13.8. The zero-order valence-electron chi connectivity index (χ0n) is 9.74. The minimum atomic E-state index is -2.99. The molecule has 0 aliphatic rings.